The summed E-state index contributed by atoms with van der Waals surface area (Å²) in [6.07, 6.45) is 2.77. The van der Waals surface area contributed by atoms with Gasteiger partial charge < -0.3 is 4.52 Å². The van der Waals surface area contributed by atoms with E-state index in [2.05, 4.69) is 15.2 Å². The molecule has 0 N–H and O–H groups in total. The molecule has 8 nitrogen and oxygen atoms in total. The van der Waals surface area contributed by atoms with E-state index >= 15 is 0 Å². The van der Waals surface area contributed by atoms with Crippen LogP contribution in [0.4, 0.5) is 5.82 Å². The SMILES string of the molecule is Cc1cc2n(n1)CCCN2C(=O)CCC(=O)Cc1cc(-c2ccc(Cl)cn2)no1. The molecule has 0 radical (unpaired) electrons. The van der Waals surface area contributed by atoms with Crippen molar-refractivity contribution in [2.75, 3.05) is 11.4 Å². The zero-order chi connectivity index (χ0) is 20.4. The number of hydrogen-bond acceptors (Lipinski definition) is 6. The number of carbonyl (C=O) groups excluding carboxylic acids is 2. The van der Waals surface area contributed by atoms with Gasteiger partial charge in [0.15, 0.2) is 0 Å². The Morgan fingerprint density at radius 1 is 1.17 bits per heavy atom. The Kier molecular flexibility index (Phi) is 5.44. The number of ketones is 1. The maximum absolute atomic E-state index is 12.6. The molecule has 3 aromatic heterocycles. The molecule has 4 rings (SSSR count). The molecule has 0 bridgehead atoms. The number of rotatable bonds is 6. The molecule has 0 aromatic carbocycles. The summed E-state index contributed by atoms with van der Waals surface area (Å²) in [4.78, 5) is 30.8. The third-order valence-corrected chi connectivity index (χ3v) is 4.97. The van der Waals surface area contributed by atoms with Crippen molar-refractivity contribution in [2.24, 2.45) is 0 Å². The lowest BCUT2D eigenvalue weighted by Crippen LogP contribution is -2.37. The first-order valence-electron chi connectivity index (χ1n) is 9.43. The van der Waals surface area contributed by atoms with E-state index < -0.39 is 0 Å². The Hall–Kier alpha value is -3.00. The number of Topliss-reactive ketones (excluding diaryl/α,β-unsaturated/α-hetero) is 1. The van der Waals surface area contributed by atoms with Gasteiger partial charge in [0.25, 0.3) is 0 Å². The maximum Gasteiger partial charge on any atom is 0.228 e. The molecule has 1 aliphatic rings. The van der Waals surface area contributed by atoms with Crippen molar-refractivity contribution in [2.45, 2.75) is 39.2 Å². The van der Waals surface area contributed by atoms with Crippen LogP contribution < -0.4 is 4.90 Å². The third kappa shape index (κ3) is 4.37. The number of aryl methyl sites for hydroxylation is 2. The van der Waals surface area contributed by atoms with Crippen molar-refractivity contribution in [1.82, 2.24) is 19.9 Å². The van der Waals surface area contributed by atoms with Crippen molar-refractivity contribution in [3.05, 3.63) is 46.9 Å². The molecule has 1 aliphatic heterocycles. The molecule has 1 amide bonds. The van der Waals surface area contributed by atoms with Crippen LogP contribution in [0.1, 0.15) is 30.7 Å². The van der Waals surface area contributed by atoms with Crippen LogP contribution in [-0.4, -0.2) is 38.2 Å². The van der Waals surface area contributed by atoms with E-state index in [1.807, 2.05) is 17.7 Å². The summed E-state index contributed by atoms with van der Waals surface area (Å²) >= 11 is 5.83. The summed E-state index contributed by atoms with van der Waals surface area (Å²) in [6.45, 7) is 3.36. The van der Waals surface area contributed by atoms with Crippen molar-refractivity contribution in [1.29, 1.82) is 0 Å². The molecule has 0 saturated heterocycles. The summed E-state index contributed by atoms with van der Waals surface area (Å²) in [6, 6.07) is 7.03. The highest BCUT2D eigenvalue weighted by Gasteiger charge is 2.24. The average Bonchev–Trinajstić information content (AvgIpc) is 3.32. The van der Waals surface area contributed by atoms with Gasteiger partial charge in [-0.1, -0.05) is 16.8 Å². The minimum Gasteiger partial charge on any atom is -0.360 e. The fourth-order valence-electron chi connectivity index (χ4n) is 3.37. The summed E-state index contributed by atoms with van der Waals surface area (Å²) in [5.74, 6) is 1.11. The average molecular weight is 414 g/mol. The number of pyridine rings is 1. The highest BCUT2D eigenvalue weighted by atomic mass is 35.5. The molecule has 0 fully saturated rings. The van der Waals surface area contributed by atoms with Crippen LogP contribution in [0.5, 0.6) is 0 Å². The molecular formula is C20H20ClN5O3. The lowest BCUT2D eigenvalue weighted by atomic mass is 10.1. The summed E-state index contributed by atoms with van der Waals surface area (Å²) < 4.78 is 7.09. The minimum absolute atomic E-state index is 0.0668. The van der Waals surface area contributed by atoms with E-state index in [1.54, 1.807) is 23.1 Å². The van der Waals surface area contributed by atoms with Crippen LogP contribution in [0.3, 0.4) is 0 Å². The van der Waals surface area contributed by atoms with Crippen LogP contribution >= 0.6 is 11.6 Å². The quantitative estimate of drug-likeness (QED) is 0.615. The monoisotopic (exact) mass is 413 g/mol. The fraction of sp³-hybridized carbons (Fsp3) is 0.350. The fourth-order valence-corrected chi connectivity index (χ4v) is 3.48. The Balaban J connectivity index is 1.33. The van der Waals surface area contributed by atoms with Gasteiger partial charge in [0, 0.05) is 44.3 Å². The van der Waals surface area contributed by atoms with Crippen molar-refractivity contribution < 1.29 is 14.1 Å². The second-order valence-electron chi connectivity index (χ2n) is 7.02. The number of fused-ring (bicyclic) bond motifs is 1. The number of hydrogen-bond donors (Lipinski definition) is 0. The molecule has 9 heteroatoms. The predicted octanol–water partition coefficient (Wildman–Crippen LogP) is 3.22. The summed E-state index contributed by atoms with van der Waals surface area (Å²) in [7, 11) is 0. The van der Waals surface area contributed by atoms with E-state index in [4.69, 9.17) is 16.1 Å². The van der Waals surface area contributed by atoms with Crippen LogP contribution in [0, 0.1) is 6.92 Å². The standard InChI is InChI=1S/C20H20ClN5O3/c1-13-9-19-25(7-2-8-26(19)23-13)20(28)6-4-15(27)10-16-11-18(24-29-16)17-5-3-14(21)12-22-17/h3,5,9,11-12H,2,4,6-8,10H2,1H3. The molecule has 0 unspecified atom stereocenters. The van der Waals surface area contributed by atoms with Crippen LogP contribution in [0.15, 0.2) is 35.0 Å². The lowest BCUT2D eigenvalue weighted by Gasteiger charge is -2.27. The molecule has 3 aromatic rings. The molecule has 4 heterocycles. The molecule has 29 heavy (non-hydrogen) atoms. The Morgan fingerprint density at radius 2 is 2.03 bits per heavy atom. The summed E-state index contributed by atoms with van der Waals surface area (Å²) in [5.41, 5.74) is 2.04. The normalized spacial score (nSPS) is 13.4. The second kappa shape index (κ2) is 8.16. The zero-order valence-corrected chi connectivity index (χ0v) is 16.7. The number of carbonyl (C=O) groups is 2. The van der Waals surface area contributed by atoms with Gasteiger partial charge in [0.05, 0.1) is 22.8 Å². The molecule has 0 spiro atoms. The van der Waals surface area contributed by atoms with E-state index in [9.17, 15) is 9.59 Å². The third-order valence-electron chi connectivity index (χ3n) is 4.75. The molecule has 0 saturated carbocycles. The van der Waals surface area contributed by atoms with E-state index in [0.29, 0.717) is 28.7 Å². The van der Waals surface area contributed by atoms with E-state index in [0.717, 1.165) is 24.5 Å². The number of aromatic nitrogens is 4. The minimum atomic E-state index is -0.0770. The number of anilines is 1. The lowest BCUT2D eigenvalue weighted by molar-refractivity contribution is -0.124. The first-order chi connectivity index (χ1) is 14.0. The Bertz CT molecular complexity index is 1040. The van der Waals surface area contributed by atoms with Crippen LogP contribution in [0.25, 0.3) is 11.4 Å². The highest BCUT2D eigenvalue weighted by molar-refractivity contribution is 6.30. The van der Waals surface area contributed by atoms with Crippen molar-refractivity contribution in [3.8, 4) is 11.4 Å². The maximum atomic E-state index is 12.6. The molecule has 150 valence electrons. The zero-order valence-electron chi connectivity index (χ0n) is 16.0. The van der Waals surface area contributed by atoms with Gasteiger partial charge in [-0.2, -0.15) is 5.10 Å². The van der Waals surface area contributed by atoms with Gasteiger partial charge in [-0.25, -0.2) is 4.68 Å². The van der Waals surface area contributed by atoms with Crippen LogP contribution in [-0.2, 0) is 22.6 Å². The van der Waals surface area contributed by atoms with Crippen LogP contribution in [0.2, 0.25) is 5.02 Å². The Labute approximate surface area is 172 Å². The van der Waals surface area contributed by atoms with E-state index in [1.165, 1.54) is 6.20 Å². The number of halogens is 1. The molecule has 0 aliphatic carbocycles. The van der Waals surface area contributed by atoms with Gasteiger partial charge in [0.2, 0.25) is 5.91 Å². The topological polar surface area (TPSA) is 94.1 Å². The number of amides is 1. The van der Waals surface area contributed by atoms with Gasteiger partial charge in [-0.3, -0.25) is 19.5 Å². The van der Waals surface area contributed by atoms with Gasteiger partial charge in [0.1, 0.15) is 23.1 Å². The van der Waals surface area contributed by atoms with Crippen molar-refractivity contribution >= 4 is 29.1 Å². The van der Waals surface area contributed by atoms with E-state index in [-0.39, 0.29) is 31.0 Å². The largest absolute Gasteiger partial charge is 0.360 e. The summed E-state index contributed by atoms with van der Waals surface area (Å²) in [5, 5.41) is 8.87. The first kappa shape index (κ1) is 19.3. The van der Waals surface area contributed by atoms with Gasteiger partial charge in [-0.15, -0.1) is 0 Å². The second-order valence-corrected chi connectivity index (χ2v) is 7.46. The van der Waals surface area contributed by atoms with Crippen molar-refractivity contribution in [3.63, 3.8) is 0 Å². The Morgan fingerprint density at radius 3 is 2.83 bits per heavy atom. The predicted molar refractivity (Wildman–Crippen MR) is 107 cm³/mol. The number of nitrogens with zero attached hydrogens (tertiary/aromatic N) is 5. The molecular weight excluding hydrogens is 394 g/mol. The smallest absolute Gasteiger partial charge is 0.228 e. The van der Waals surface area contributed by atoms with Gasteiger partial charge >= 0.3 is 0 Å². The first-order valence-corrected chi connectivity index (χ1v) is 9.81. The highest BCUT2D eigenvalue weighted by Crippen LogP contribution is 2.23. The van der Waals surface area contributed by atoms with Gasteiger partial charge in [-0.05, 0) is 25.5 Å². The molecule has 0 atom stereocenters.